The van der Waals surface area contributed by atoms with Crippen LogP contribution < -0.4 is 10.6 Å². The molecule has 0 aromatic carbocycles. The maximum atomic E-state index is 11.7. The van der Waals surface area contributed by atoms with E-state index < -0.39 is 12.7 Å². The molecule has 1 saturated heterocycles. The summed E-state index contributed by atoms with van der Waals surface area (Å²) in [4.78, 5) is 0. The summed E-state index contributed by atoms with van der Waals surface area (Å²) in [6.45, 7) is 3.07. The summed E-state index contributed by atoms with van der Waals surface area (Å²) >= 11 is 0. The van der Waals surface area contributed by atoms with E-state index in [0.717, 1.165) is 13.1 Å². The van der Waals surface area contributed by atoms with Crippen LogP contribution in [0.15, 0.2) is 0 Å². The second-order valence-corrected chi connectivity index (χ2v) is 3.69. The highest BCUT2D eigenvalue weighted by Gasteiger charge is 2.32. The first kappa shape index (κ1) is 11.7. The second kappa shape index (κ2) is 4.46. The van der Waals surface area contributed by atoms with Gasteiger partial charge in [-0.1, -0.05) is 0 Å². The van der Waals surface area contributed by atoms with Crippen LogP contribution in [0.1, 0.15) is 6.92 Å². The molecule has 1 aliphatic heterocycles. The van der Waals surface area contributed by atoms with Crippen molar-refractivity contribution in [3.05, 3.63) is 0 Å². The Bertz CT molecular complexity index is 180. The van der Waals surface area contributed by atoms with E-state index in [1.807, 2.05) is 6.92 Å². The summed E-state index contributed by atoms with van der Waals surface area (Å²) in [5.74, 6) is 0. The molecule has 2 N–H and O–H groups in total. The van der Waals surface area contributed by atoms with Crippen molar-refractivity contribution in [2.75, 3.05) is 32.8 Å². The predicted molar refractivity (Wildman–Crippen MR) is 46.2 cm³/mol. The standard InChI is InChI=1S/C8H15F3N2O/c1-7(4-13-5-7)14-3-2-12-6-8(9,10)11/h12-13H,2-6H2,1H3. The van der Waals surface area contributed by atoms with E-state index in [4.69, 9.17) is 4.74 Å². The summed E-state index contributed by atoms with van der Waals surface area (Å²) in [5.41, 5.74) is -0.181. The lowest BCUT2D eigenvalue weighted by Crippen LogP contribution is -2.59. The lowest BCUT2D eigenvalue weighted by atomic mass is 10.0. The Morgan fingerprint density at radius 2 is 2.07 bits per heavy atom. The Morgan fingerprint density at radius 1 is 1.43 bits per heavy atom. The molecule has 0 spiro atoms. The molecule has 0 radical (unpaired) electrons. The van der Waals surface area contributed by atoms with Crippen LogP contribution in [-0.2, 0) is 4.74 Å². The zero-order chi connectivity index (χ0) is 10.7. The monoisotopic (exact) mass is 212 g/mol. The Kier molecular flexibility index (Phi) is 3.74. The Morgan fingerprint density at radius 3 is 2.50 bits per heavy atom. The Balaban J connectivity index is 1.94. The molecule has 0 saturated carbocycles. The van der Waals surface area contributed by atoms with Crippen LogP contribution in [0.2, 0.25) is 0 Å². The number of hydrogen-bond acceptors (Lipinski definition) is 3. The summed E-state index contributed by atoms with van der Waals surface area (Å²) in [6, 6.07) is 0. The molecule has 0 bridgehead atoms. The predicted octanol–water partition coefficient (Wildman–Crippen LogP) is 0.517. The van der Waals surface area contributed by atoms with Crippen LogP contribution in [0.25, 0.3) is 0 Å². The fourth-order valence-electron chi connectivity index (χ4n) is 1.18. The fourth-order valence-corrected chi connectivity index (χ4v) is 1.18. The quantitative estimate of drug-likeness (QED) is 0.652. The van der Waals surface area contributed by atoms with Crippen molar-refractivity contribution >= 4 is 0 Å². The largest absolute Gasteiger partial charge is 0.401 e. The van der Waals surface area contributed by atoms with Gasteiger partial charge in [0.2, 0.25) is 0 Å². The van der Waals surface area contributed by atoms with Crippen LogP contribution in [0.4, 0.5) is 13.2 Å². The first-order valence-corrected chi connectivity index (χ1v) is 4.53. The van der Waals surface area contributed by atoms with Crippen LogP contribution in [0.3, 0.4) is 0 Å². The van der Waals surface area contributed by atoms with Crippen molar-refractivity contribution in [3.8, 4) is 0 Å². The van der Waals surface area contributed by atoms with Crippen molar-refractivity contribution in [2.24, 2.45) is 0 Å². The average Bonchev–Trinajstić information content (AvgIpc) is 1.98. The van der Waals surface area contributed by atoms with E-state index in [-0.39, 0.29) is 12.1 Å². The zero-order valence-corrected chi connectivity index (χ0v) is 8.08. The Hall–Kier alpha value is -0.330. The maximum Gasteiger partial charge on any atom is 0.401 e. The number of rotatable bonds is 5. The van der Waals surface area contributed by atoms with Gasteiger partial charge in [0.1, 0.15) is 0 Å². The van der Waals surface area contributed by atoms with Crippen LogP contribution in [-0.4, -0.2) is 44.6 Å². The molecule has 1 heterocycles. The molecule has 1 rings (SSSR count). The lowest BCUT2D eigenvalue weighted by Gasteiger charge is -2.39. The highest BCUT2D eigenvalue weighted by atomic mass is 19.4. The van der Waals surface area contributed by atoms with Crippen molar-refractivity contribution in [3.63, 3.8) is 0 Å². The molecule has 0 unspecified atom stereocenters. The molecule has 14 heavy (non-hydrogen) atoms. The minimum Gasteiger partial charge on any atom is -0.371 e. The molecule has 1 fully saturated rings. The highest BCUT2D eigenvalue weighted by molar-refractivity contribution is 4.90. The summed E-state index contributed by atoms with van der Waals surface area (Å²) in [6.07, 6.45) is -4.14. The Labute approximate surface area is 81.0 Å². The smallest absolute Gasteiger partial charge is 0.371 e. The number of alkyl halides is 3. The van der Waals surface area contributed by atoms with E-state index >= 15 is 0 Å². The molecule has 0 amide bonds. The SMILES string of the molecule is CC1(OCCNCC(F)(F)F)CNC1. The van der Waals surface area contributed by atoms with Crippen molar-refractivity contribution < 1.29 is 17.9 Å². The van der Waals surface area contributed by atoms with Gasteiger partial charge in [0, 0.05) is 19.6 Å². The number of ether oxygens (including phenoxy) is 1. The third kappa shape index (κ3) is 4.26. The van der Waals surface area contributed by atoms with E-state index in [2.05, 4.69) is 10.6 Å². The van der Waals surface area contributed by atoms with Gasteiger partial charge in [0.15, 0.2) is 0 Å². The first-order valence-electron chi connectivity index (χ1n) is 4.53. The molecule has 0 aliphatic carbocycles. The van der Waals surface area contributed by atoms with Crippen molar-refractivity contribution in [2.45, 2.75) is 18.7 Å². The molecule has 3 nitrogen and oxygen atoms in total. The second-order valence-electron chi connectivity index (χ2n) is 3.69. The zero-order valence-electron chi connectivity index (χ0n) is 8.08. The fraction of sp³-hybridized carbons (Fsp3) is 1.00. The van der Waals surface area contributed by atoms with Crippen molar-refractivity contribution in [1.29, 1.82) is 0 Å². The first-order chi connectivity index (χ1) is 6.41. The van der Waals surface area contributed by atoms with Gasteiger partial charge in [-0.3, -0.25) is 0 Å². The van der Waals surface area contributed by atoms with E-state index in [9.17, 15) is 13.2 Å². The maximum absolute atomic E-state index is 11.7. The van der Waals surface area contributed by atoms with Gasteiger partial charge in [0.05, 0.1) is 18.8 Å². The van der Waals surface area contributed by atoms with Gasteiger partial charge in [-0.05, 0) is 6.92 Å². The van der Waals surface area contributed by atoms with Gasteiger partial charge >= 0.3 is 6.18 Å². The third-order valence-electron chi connectivity index (χ3n) is 2.05. The van der Waals surface area contributed by atoms with Gasteiger partial charge in [-0.2, -0.15) is 13.2 Å². The molecular formula is C8H15F3N2O. The topological polar surface area (TPSA) is 33.3 Å². The van der Waals surface area contributed by atoms with Crippen LogP contribution in [0, 0.1) is 0 Å². The average molecular weight is 212 g/mol. The molecule has 0 aromatic heterocycles. The summed E-state index contributed by atoms with van der Waals surface area (Å²) < 4.78 is 40.4. The summed E-state index contributed by atoms with van der Waals surface area (Å²) in [7, 11) is 0. The molecule has 0 aromatic rings. The van der Waals surface area contributed by atoms with E-state index in [1.165, 1.54) is 0 Å². The van der Waals surface area contributed by atoms with E-state index in [0.29, 0.717) is 6.61 Å². The molecule has 0 atom stereocenters. The molecule has 84 valence electrons. The summed E-state index contributed by atoms with van der Waals surface area (Å²) in [5, 5.41) is 5.32. The van der Waals surface area contributed by atoms with Crippen LogP contribution in [0.5, 0.6) is 0 Å². The highest BCUT2D eigenvalue weighted by Crippen LogP contribution is 2.14. The number of hydrogen-bond donors (Lipinski definition) is 2. The van der Waals surface area contributed by atoms with Crippen LogP contribution >= 0.6 is 0 Å². The van der Waals surface area contributed by atoms with Gasteiger partial charge in [-0.25, -0.2) is 0 Å². The third-order valence-corrected chi connectivity index (χ3v) is 2.05. The minimum absolute atomic E-state index is 0.181. The number of halogens is 3. The van der Waals surface area contributed by atoms with Crippen molar-refractivity contribution in [1.82, 2.24) is 10.6 Å². The molecule has 1 aliphatic rings. The normalized spacial score (nSPS) is 20.6. The lowest BCUT2D eigenvalue weighted by molar-refractivity contribution is -0.126. The van der Waals surface area contributed by atoms with Gasteiger partial charge < -0.3 is 15.4 Å². The number of nitrogens with one attached hydrogen (secondary N) is 2. The van der Waals surface area contributed by atoms with E-state index in [1.54, 1.807) is 0 Å². The van der Waals surface area contributed by atoms with Gasteiger partial charge in [0.25, 0.3) is 0 Å². The molecular weight excluding hydrogens is 197 g/mol. The van der Waals surface area contributed by atoms with Gasteiger partial charge in [-0.15, -0.1) is 0 Å². The molecule has 6 heteroatoms. The minimum atomic E-state index is -4.14.